The van der Waals surface area contributed by atoms with E-state index in [1.807, 2.05) is 42.5 Å². The molecule has 1 aromatic heterocycles. The van der Waals surface area contributed by atoms with Gasteiger partial charge < -0.3 is 28.8 Å². The highest BCUT2D eigenvalue weighted by molar-refractivity contribution is 5.75. The number of hydrogen-bond acceptors (Lipinski definition) is 6. The van der Waals surface area contributed by atoms with Crippen LogP contribution in [0.4, 0.5) is 5.69 Å². The number of fused-ring (bicyclic) bond motifs is 1. The van der Waals surface area contributed by atoms with Gasteiger partial charge in [-0.15, -0.1) is 0 Å². The molecule has 7 nitrogen and oxygen atoms in total. The van der Waals surface area contributed by atoms with Crippen LogP contribution in [0.2, 0.25) is 0 Å². The Kier molecular flexibility index (Phi) is 9.65. The first kappa shape index (κ1) is 27.2. The number of imidazole rings is 1. The molecule has 206 valence electrons. The number of nitrogens with one attached hydrogen (secondary N) is 1. The standard InChI is InChI=1S/C33H35N3O4/c1-37-30-11-5-9-27(19-30)22-36(23-28-13-14-32-33(20-28)35-25-34-32)29-10-6-12-31(21-29)40-18-17-38-15-16-39-24-26-7-3-2-4-8-26/h2-14,19-21,25H,15-18,22-24H2,1H3,(H,34,35). The van der Waals surface area contributed by atoms with E-state index in [0.717, 1.165) is 45.9 Å². The summed E-state index contributed by atoms with van der Waals surface area (Å²) in [6.07, 6.45) is 1.73. The SMILES string of the molecule is COc1cccc(CN(Cc2ccc3nc[nH]c3c2)c2cccc(OCCOCCOCc3ccccc3)c2)c1. The van der Waals surface area contributed by atoms with Crippen LogP contribution in [0, 0.1) is 0 Å². The molecule has 0 amide bonds. The molecule has 0 bridgehead atoms. The van der Waals surface area contributed by atoms with Crippen molar-refractivity contribution in [2.45, 2.75) is 19.7 Å². The molecule has 0 saturated carbocycles. The maximum Gasteiger partial charge on any atom is 0.121 e. The molecule has 5 rings (SSSR count). The number of anilines is 1. The van der Waals surface area contributed by atoms with Crippen molar-refractivity contribution in [1.82, 2.24) is 9.97 Å². The van der Waals surface area contributed by atoms with Gasteiger partial charge in [-0.05, 0) is 53.1 Å². The first-order chi connectivity index (χ1) is 19.8. The fourth-order valence-electron chi connectivity index (χ4n) is 4.50. The summed E-state index contributed by atoms with van der Waals surface area (Å²) in [5.41, 5.74) is 6.57. The van der Waals surface area contributed by atoms with Gasteiger partial charge in [0, 0.05) is 24.8 Å². The fourth-order valence-corrected chi connectivity index (χ4v) is 4.50. The third-order valence-corrected chi connectivity index (χ3v) is 6.53. The van der Waals surface area contributed by atoms with Crippen molar-refractivity contribution in [1.29, 1.82) is 0 Å². The minimum atomic E-state index is 0.467. The number of rotatable bonds is 15. The monoisotopic (exact) mass is 537 g/mol. The Labute approximate surface area is 235 Å². The molecule has 0 fully saturated rings. The van der Waals surface area contributed by atoms with E-state index < -0.39 is 0 Å². The van der Waals surface area contributed by atoms with E-state index in [1.54, 1.807) is 13.4 Å². The second-order valence-corrected chi connectivity index (χ2v) is 9.46. The number of hydrogen-bond donors (Lipinski definition) is 1. The van der Waals surface area contributed by atoms with Crippen molar-refractivity contribution >= 4 is 16.7 Å². The third-order valence-electron chi connectivity index (χ3n) is 6.53. The molecule has 0 saturated heterocycles. The lowest BCUT2D eigenvalue weighted by atomic mass is 10.1. The Balaban J connectivity index is 1.17. The number of aromatic nitrogens is 2. The van der Waals surface area contributed by atoms with Gasteiger partial charge in [-0.2, -0.15) is 0 Å². The van der Waals surface area contributed by atoms with Gasteiger partial charge >= 0.3 is 0 Å². The Morgan fingerprint density at radius 2 is 1.43 bits per heavy atom. The van der Waals surface area contributed by atoms with Crippen LogP contribution in [0.25, 0.3) is 11.0 Å². The highest BCUT2D eigenvalue weighted by atomic mass is 16.5. The number of nitrogens with zero attached hydrogens (tertiary/aromatic N) is 2. The van der Waals surface area contributed by atoms with Gasteiger partial charge in [-0.1, -0.05) is 54.6 Å². The zero-order valence-electron chi connectivity index (χ0n) is 22.8. The smallest absolute Gasteiger partial charge is 0.121 e. The van der Waals surface area contributed by atoms with E-state index in [2.05, 4.69) is 69.5 Å². The van der Waals surface area contributed by atoms with Gasteiger partial charge in [-0.3, -0.25) is 0 Å². The van der Waals surface area contributed by atoms with Gasteiger partial charge in [0.15, 0.2) is 0 Å². The molecule has 0 aliphatic carbocycles. The number of methoxy groups -OCH3 is 1. The highest BCUT2D eigenvalue weighted by Crippen LogP contribution is 2.26. The van der Waals surface area contributed by atoms with Crippen LogP contribution in [0.5, 0.6) is 11.5 Å². The van der Waals surface area contributed by atoms with Gasteiger partial charge in [0.2, 0.25) is 0 Å². The second kappa shape index (κ2) is 14.2. The maximum atomic E-state index is 6.03. The molecule has 5 aromatic rings. The van der Waals surface area contributed by atoms with E-state index in [0.29, 0.717) is 39.6 Å². The van der Waals surface area contributed by atoms with E-state index >= 15 is 0 Å². The van der Waals surface area contributed by atoms with Crippen LogP contribution in [-0.2, 0) is 29.2 Å². The van der Waals surface area contributed by atoms with Crippen LogP contribution in [-0.4, -0.2) is 43.5 Å². The molecular formula is C33H35N3O4. The summed E-state index contributed by atoms with van der Waals surface area (Å²) in [5.74, 6) is 1.65. The van der Waals surface area contributed by atoms with Crippen LogP contribution in [0.3, 0.4) is 0 Å². The lowest BCUT2D eigenvalue weighted by Gasteiger charge is -2.26. The van der Waals surface area contributed by atoms with E-state index in [-0.39, 0.29) is 0 Å². The van der Waals surface area contributed by atoms with Crippen molar-refractivity contribution in [3.8, 4) is 11.5 Å². The zero-order valence-corrected chi connectivity index (χ0v) is 22.8. The van der Waals surface area contributed by atoms with Crippen molar-refractivity contribution in [3.05, 3.63) is 120 Å². The van der Waals surface area contributed by atoms with Crippen LogP contribution in [0.15, 0.2) is 103 Å². The summed E-state index contributed by atoms with van der Waals surface area (Å²) in [4.78, 5) is 9.89. The molecule has 0 atom stereocenters. The molecule has 0 aliphatic rings. The number of benzene rings is 4. The molecule has 1 heterocycles. The molecule has 0 spiro atoms. The molecule has 0 aliphatic heterocycles. The van der Waals surface area contributed by atoms with Crippen molar-refractivity contribution in [3.63, 3.8) is 0 Å². The molecule has 1 N–H and O–H groups in total. The minimum absolute atomic E-state index is 0.467. The maximum absolute atomic E-state index is 6.03. The molecule has 0 radical (unpaired) electrons. The van der Waals surface area contributed by atoms with Gasteiger partial charge in [0.1, 0.15) is 18.1 Å². The van der Waals surface area contributed by atoms with Gasteiger partial charge in [0.05, 0.1) is 50.9 Å². The molecule has 7 heteroatoms. The Bertz CT molecular complexity index is 1470. The summed E-state index contributed by atoms with van der Waals surface area (Å²) in [6.45, 7) is 4.08. The quantitative estimate of drug-likeness (QED) is 0.156. The van der Waals surface area contributed by atoms with E-state index in [9.17, 15) is 0 Å². The Hall–Kier alpha value is -4.33. The zero-order chi connectivity index (χ0) is 27.4. The third kappa shape index (κ3) is 7.85. The van der Waals surface area contributed by atoms with Gasteiger partial charge in [-0.25, -0.2) is 4.98 Å². The fraction of sp³-hybridized carbons (Fsp3) is 0.242. The lowest BCUT2D eigenvalue weighted by molar-refractivity contribution is 0.0303. The average molecular weight is 538 g/mol. The van der Waals surface area contributed by atoms with E-state index in [4.69, 9.17) is 18.9 Å². The van der Waals surface area contributed by atoms with E-state index in [1.165, 1.54) is 5.56 Å². The summed E-state index contributed by atoms with van der Waals surface area (Å²) in [7, 11) is 1.69. The minimum Gasteiger partial charge on any atom is -0.497 e. The van der Waals surface area contributed by atoms with Crippen LogP contribution >= 0.6 is 0 Å². The number of ether oxygens (including phenoxy) is 4. The Morgan fingerprint density at radius 1 is 0.675 bits per heavy atom. The average Bonchev–Trinajstić information content (AvgIpc) is 3.47. The predicted molar refractivity (Wildman–Crippen MR) is 158 cm³/mol. The van der Waals surface area contributed by atoms with Gasteiger partial charge in [0.25, 0.3) is 0 Å². The topological polar surface area (TPSA) is 68.8 Å². The second-order valence-electron chi connectivity index (χ2n) is 9.46. The normalized spacial score (nSPS) is 11.0. The van der Waals surface area contributed by atoms with Crippen molar-refractivity contribution in [2.75, 3.05) is 38.4 Å². The summed E-state index contributed by atoms with van der Waals surface area (Å²) >= 11 is 0. The lowest BCUT2D eigenvalue weighted by Crippen LogP contribution is -2.22. The molecule has 0 unspecified atom stereocenters. The number of H-pyrrole nitrogens is 1. The molecule has 40 heavy (non-hydrogen) atoms. The largest absolute Gasteiger partial charge is 0.497 e. The summed E-state index contributed by atoms with van der Waals surface area (Å²) in [5, 5.41) is 0. The van der Waals surface area contributed by atoms with Crippen LogP contribution in [0.1, 0.15) is 16.7 Å². The Morgan fingerprint density at radius 3 is 2.30 bits per heavy atom. The predicted octanol–water partition coefficient (Wildman–Crippen LogP) is 6.39. The van der Waals surface area contributed by atoms with Crippen molar-refractivity contribution < 1.29 is 18.9 Å². The molecule has 4 aromatic carbocycles. The molecular weight excluding hydrogens is 502 g/mol. The summed E-state index contributed by atoms with van der Waals surface area (Å²) in [6, 6.07) is 32.9. The summed E-state index contributed by atoms with van der Waals surface area (Å²) < 4.78 is 22.9. The van der Waals surface area contributed by atoms with Crippen molar-refractivity contribution in [2.24, 2.45) is 0 Å². The first-order valence-corrected chi connectivity index (χ1v) is 13.5. The van der Waals surface area contributed by atoms with Crippen LogP contribution < -0.4 is 14.4 Å². The first-order valence-electron chi connectivity index (χ1n) is 13.5. The highest BCUT2D eigenvalue weighted by Gasteiger charge is 2.12. The number of aromatic amines is 1.